The molecule has 0 bridgehead atoms. The molecule has 0 saturated carbocycles. The van der Waals surface area contributed by atoms with Crippen LogP contribution in [0.5, 0.6) is 0 Å². The van der Waals surface area contributed by atoms with E-state index >= 15 is 0 Å². The molecular formula is C23H18N4O2S. The van der Waals surface area contributed by atoms with Gasteiger partial charge in [-0.1, -0.05) is 60.7 Å². The first-order valence-corrected chi connectivity index (χ1v) is 10.9. The Bertz CT molecular complexity index is 1460. The number of pyridine rings is 1. The number of sulfonamides is 1. The van der Waals surface area contributed by atoms with Gasteiger partial charge in [0.25, 0.3) is 10.0 Å². The van der Waals surface area contributed by atoms with Gasteiger partial charge in [-0.05, 0) is 28.5 Å². The van der Waals surface area contributed by atoms with E-state index in [0.29, 0.717) is 17.7 Å². The third-order valence-corrected chi connectivity index (χ3v) is 6.40. The van der Waals surface area contributed by atoms with Crippen LogP contribution < -0.4 is 4.72 Å². The Morgan fingerprint density at radius 3 is 2.57 bits per heavy atom. The average Bonchev–Trinajstić information content (AvgIpc) is 3.19. The molecule has 5 aromatic rings. The molecule has 6 nitrogen and oxygen atoms in total. The van der Waals surface area contributed by atoms with Crippen LogP contribution in [-0.2, 0) is 16.6 Å². The number of hydrogen-bond acceptors (Lipinski definition) is 4. The van der Waals surface area contributed by atoms with Crippen molar-refractivity contribution < 1.29 is 8.42 Å². The maximum Gasteiger partial charge on any atom is 0.264 e. The van der Waals surface area contributed by atoms with Gasteiger partial charge in [0, 0.05) is 17.8 Å². The van der Waals surface area contributed by atoms with Crippen LogP contribution in [0.15, 0.2) is 96.3 Å². The Morgan fingerprint density at radius 1 is 0.867 bits per heavy atom. The van der Waals surface area contributed by atoms with E-state index in [9.17, 15) is 8.42 Å². The summed E-state index contributed by atoms with van der Waals surface area (Å²) in [5.41, 5.74) is 1.96. The largest absolute Gasteiger partial charge is 0.276 e. The lowest BCUT2D eigenvalue weighted by Crippen LogP contribution is -2.13. The topological polar surface area (TPSA) is 76.9 Å². The van der Waals surface area contributed by atoms with Crippen molar-refractivity contribution in [2.24, 2.45) is 0 Å². The van der Waals surface area contributed by atoms with Gasteiger partial charge in [0.2, 0.25) is 0 Å². The van der Waals surface area contributed by atoms with Crippen LogP contribution in [0.2, 0.25) is 0 Å². The van der Waals surface area contributed by atoms with Gasteiger partial charge in [-0.25, -0.2) is 8.42 Å². The fourth-order valence-corrected chi connectivity index (χ4v) is 4.82. The van der Waals surface area contributed by atoms with Gasteiger partial charge in [0.05, 0.1) is 23.9 Å². The molecule has 0 saturated heterocycles. The van der Waals surface area contributed by atoms with E-state index in [1.165, 1.54) is 6.20 Å². The predicted octanol–water partition coefficient (Wildman–Crippen LogP) is 4.43. The Kier molecular flexibility index (Phi) is 4.44. The van der Waals surface area contributed by atoms with Crippen LogP contribution in [0.1, 0.15) is 5.56 Å². The summed E-state index contributed by atoms with van der Waals surface area (Å²) in [4.78, 5) is 4.38. The molecule has 0 aliphatic rings. The second-order valence-electron chi connectivity index (χ2n) is 7.00. The van der Waals surface area contributed by atoms with Gasteiger partial charge in [-0.2, -0.15) is 5.10 Å². The van der Waals surface area contributed by atoms with Crippen LogP contribution in [-0.4, -0.2) is 23.2 Å². The lowest BCUT2D eigenvalue weighted by molar-refractivity contribution is 0.602. The second-order valence-corrected chi connectivity index (χ2v) is 8.65. The highest BCUT2D eigenvalue weighted by molar-refractivity contribution is 7.93. The monoisotopic (exact) mass is 414 g/mol. The lowest BCUT2D eigenvalue weighted by atomic mass is 10.0. The normalized spacial score (nSPS) is 11.7. The number of nitrogens with zero attached hydrogens (tertiary/aromatic N) is 3. The minimum absolute atomic E-state index is 0.141. The molecule has 0 spiro atoms. The van der Waals surface area contributed by atoms with Crippen LogP contribution in [0.25, 0.3) is 21.7 Å². The van der Waals surface area contributed by atoms with E-state index in [1.54, 1.807) is 35.3 Å². The minimum atomic E-state index is -3.80. The van der Waals surface area contributed by atoms with Crippen molar-refractivity contribution in [3.8, 4) is 0 Å². The highest BCUT2D eigenvalue weighted by Gasteiger charge is 2.19. The fraction of sp³-hybridized carbons (Fsp3) is 0.0435. The third kappa shape index (κ3) is 3.40. The summed E-state index contributed by atoms with van der Waals surface area (Å²) in [6.45, 7) is 0.541. The Hall–Kier alpha value is -3.71. The SMILES string of the molecule is O=S(=O)(Nc1cnn(Cc2cccc3ccccc23)c1)c1cccc2cccnc12. The quantitative estimate of drug-likeness (QED) is 0.461. The number of fused-ring (bicyclic) bond motifs is 2. The molecule has 0 unspecified atom stereocenters. The Balaban J connectivity index is 1.43. The summed E-state index contributed by atoms with van der Waals surface area (Å²) in [6.07, 6.45) is 4.79. The molecule has 7 heteroatoms. The van der Waals surface area contributed by atoms with Crippen LogP contribution in [0, 0.1) is 0 Å². The van der Waals surface area contributed by atoms with Crippen molar-refractivity contribution in [1.29, 1.82) is 0 Å². The molecule has 2 aromatic heterocycles. The van der Waals surface area contributed by atoms with Gasteiger partial charge in [0.1, 0.15) is 4.90 Å². The Morgan fingerprint density at radius 2 is 1.63 bits per heavy atom. The zero-order chi connectivity index (χ0) is 20.6. The highest BCUT2D eigenvalue weighted by Crippen LogP contribution is 2.24. The van der Waals surface area contributed by atoms with Crippen molar-refractivity contribution in [3.05, 3.63) is 97.0 Å². The molecular weight excluding hydrogens is 396 g/mol. The van der Waals surface area contributed by atoms with Crippen molar-refractivity contribution in [2.75, 3.05) is 4.72 Å². The van der Waals surface area contributed by atoms with Gasteiger partial charge in [-0.3, -0.25) is 14.4 Å². The molecule has 5 rings (SSSR count). The number of para-hydroxylation sites is 1. The number of nitrogens with one attached hydrogen (secondary N) is 1. The first kappa shape index (κ1) is 18.3. The molecule has 148 valence electrons. The number of aromatic nitrogens is 3. The minimum Gasteiger partial charge on any atom is -0.276 e. The molecule has 30 heavy (non-hydrogen) atoms. The molecule has 1 N–H and O–H groups in total. The molecule has 0 radical (unpaired) electrons. The standard InChI is InChI=1S/C23H18N4O2S/c28-30(29,22-12-4-8-18-10-5-13-24-23(18)22)26-20-14-25-27(16-20)15-19-9-3-7-17-6-1-2-11-21(17)19/h1-14,16,26H,15H2. The average molecular weight is 414 g/mol. The predicted molar refractivity (Wildman–Crippen MR) is 118 cm³/mol. The molecule has 0 atom stereocenters. The number of benzene rings is 3. The molecule has 2 heterocycles. The van der Waals surface area contributed by atoms with E-state index in [0.717, 1.165) is 21.7 Å². The van der Waals surface area contributed by atoms with E-state index < -0.39 is 10.0 Å². The zero-order valence-electron chi connectivity index (χ0n) is 15.9. The van der Waals surface area contributed by atoms with Gasteiger partial charge in [0.15, 0.2) is 0 Å². The number of hydrogen-bond donors (Lipinski definition) is 1. The van der Waals surface area contributed by atoms with Gasteiger partial charge >= 0.3 is 0 Å². The molecule has 0 amide bonds. The van der Waals surface area contributed by atoms with Crippen LogP contribution in [0.3, 0.4) is 0 Å². The van der Waals surface area contributed by atoms with Gasteiger partial charge in [-0.15, -0.1) is 0 Å². The maximum absolute atomic E-state index is 13.0. The van der Waals surface area contributed by atoms with Crippen LogP contribution in [0.4, 0.5) is 5.69 Å². The number of rotatable bonds is 5. The fourth-order valence-electron chi connectivity index (χ4n) is 3.61. The van der Waals surface area contributed by atoms with Crippen molar-refractivity contribution in [2.45, 2.75) is 11.4 Å². The van der Waals surface area contributed by atoms with E-state index in [2.05, 4.69) is 39.1 Å². The van der Waals surface area contributed by atoms with Crippen LogP contribution >= 0.6 is 0 Å². The molecule has 3 aromatic carbocycles. The molecule has 0 fully saturated rings. The van der Waals surface area contributed by atoms with Crippen molar-refractivity contribution >= 4 is 37.4 Å². The molecule has 0 aliphatic heterocycles. The Labute approximate surface area is 173 Å². The third-order valence-electron chi connectivity index (χ3n) is 4.98. The summed E-state index contributed by atoms with van der Waals surface area (Å²) >= 11 is 0. The zero-order valence-corrected chi connectivity index (χ0v) is 16.8. The lowest BCUT2D eigenvalue weighted by Gasteiger charge is -2.08. The summed E-state index contributed by atoms with van der Waals surface area (Å²) < 4.78 is 30.3. The van der Waals surface area contributed by atoms with E-state index in [4.69, 9.17) is 0 Å². The second kappa shape index (κ2) is 7.27. The number of anilines is 1. The van der Waals surface area contributed by atoms with E-state index in [1.807, 2.05) is 30.3 Å². The smallest absolute Gasteiger partial charge is 0.264 e. The van der Waals surface area contributed by atoms with Crippen molar-refractivity contribution in [1.82, 2.24) is 14.8 Å². The van der Waals surface area contributed by atoms with E-state index in [-0.39, 0.29) is 4.90 Å². The maximum atomic E-state index is 13.0. The van der Waals surface area contributed by atoms with Gasteiger partial charge < -0.3 is 0 Å². The summed E-state index contributed by atoms with van der Waals surface area (Å²) in [7, 11) is -3.80. The first-order valence-electron chi connectivity index (χ1n) is 9.46. The molecule has 0 aliphatic carbocycles. The highest BCUT2D eigenvalue weighted by atomic mass is 32.2. The summed E-state index contributed by atoms with van der Waals surface area (Å²) in [5, 5.41) is 7.41. The first-order chi connectivity index (χ1) is 14.6. The van der Waals surface area contributed by atoms with Crippen molar-refractivity contribution in [3.63, 3.8) is 0 Å². The summed E-state index contributed by atoms with van der Waals surface area (Å²) in [6, 6.07) is 23.0. The summed E-state index contributed by atoms with van der Waals surface area (Å²) in [5.74, 6) is 0.